The summed E-state index contributed by atoms with van der Waals surface area (Å²) >= 11 is 0. The number of para-hydroxylation sites is 1. The highest BCUT2D eigenvalue weighted by Crippen LogP contribution is 2.40. The van der Waals surface area contributed by atoms with Crippen LogP contribution in [0.4, 0.5) is 5.82 Å². The van der Waals surface area contributed by atoms with Crippen molar-refractivity contribution in [2.45, 2.75) is 50.9 Å². The number of nitrogens with zero attached hydrogens (tertiary/aromatic N) is 3. The van der Waals surface area contributed by atoms with E-state index in [9.17, 15) is 9.90 Å². The number of carboxylic acids is 1. The average Bonchev–Trinajstić information content (AvgIpc) is 3.54. The number of carboxylic acid groups (broad SMARTS) is 1. The van der Waals surface area contributed by atoms with Gasteiger partial charge in [-0.1, -0.05) is 18.2 Å². The third-order valence-corrected chi connectivity index (χ3v) is 5.85. The smallest absolute Gasteiger partial charge is 0.308 e. The standard InChI is InChI=1S/C22H27N3O3/c1-14-18(13-20(26)27)22(24-21(23-14)16-7-8-16)25-11-9-15(10-12-25)17-5-3-4-6-19(17)28-2/h3-6,15-16H,7-13H2,1-2H3,(H,26,27). The fraction of sp³-hybridized carbons (Fsp3) is 0.500. The SMILES string of the molecule is COc1ccccc1C1CCN(c2nc(C3CC3)nc(C)c2CC(=O)O)CC1. The van der Waals surface area contributed by atoms with Gasteiger partial charge in [0.15, 0.2) is 0 Å². The van der Waals surface area contributed by atoms with E-state index < -0.39 is 5.97 Å². The zero-order valence-corrected chi connectivity index (χ0v) is 16.5. The summed E-state index contributed by atoms with van der Waals surface area (Å²) in [5, 5.41) is 9.37. The second-order valence-electron chi connectivity index (χ2n) is 7.82. The van der Waals surface area contributed by atoms with Crippen molar-refractivity contribution in [2.24, 2.45) is 0 Å². The van der Waals surface area contributed by atoms with Gasteiger partial charge in [-0.05, 0) is 50.2 Å². The largest absolute Gasteiger partial charge is 0.496 e. The second-order valence-corrected chi connectivity index (χ2v) is 7.82. The Morgan fingerprint density at radius 2 is 1.86 bits per heavy atom. The topological polar surface area (TPSA) is 75.5 Å². The fourth-order valence-corrected chi connectivity index (χ4v) is 4.15. The normalized spacial score (nSPS) is 17.6. The lowest BCUT2D eigenvalue weighted by atomic mass is 9.88. The maximum Gasteiger partial charge on any atom is 0.308 e. The van der Waals surface area contributed by atoms with Crippen LogP contribution in [-0.2, 0) is 11.2 Å². The lowest BCUT2D eigenvalue weighted by Crippen LogP contribution is -2.35. The summed E-state index contributed by atoms with van der Waals surface area (Å²) in [6, 6.07) is 8.22. The van der Waals surface area contributed by atoms with E-state index in [0.29, 0.717) is 11.8 Å². The van der Waals surface area contributed by atoms with Gasteiger partial charge in [-0.25, -0.2) is 9.97 Å². The van der Waals surface area contributed by atoms with Crippen molar-refractivity contribution in [1.82, 2.24) is 9.97 Å². The van der Waals surface area contributed by atoms with E-state index >= 15 is 0 Å². The Bertz CT molecular complexity index is 871. The molecule has 2 fully saturated rings. The first-order valence-corrected chi connectivity index (χ1v) is 10.0. The number of carbonyl (C=O) groups is 1. The van der Waals surface area contributed by atoms with Crippen LogP contribution < -0.4 is 9.64 Å². The van der Waals surface area contributed by atoms with Gasteiger partial charge in [-0.3, -0.25) is 4.79 Å². The zero-order valence-electron chi connectivity index (χ0n) is 16.5. The van der Waals surface area contributed by atoms with Crippen molar-refractivity contribution >= 4 is 11.8 Å². The minimum absolute atomic E-state index is 0.0292. The number of methoxy groups -OCH3 is 1. The van der Waals surface area contributed by atoms with Crippen LogP contribution >= 0.6 is 0 Å². The van der Waals surface area contributed by atoms with Gasteiger partial charge >= 0.3 is 5.97 Å². The Hall–Kier alpha value is -2.63. The molecule has 0 radical (unpaired) electrons. The summed E-state index contributed by atoms with van der Waals surface area (Å²) in [5.41, 5.74) is 2.82. The molecule has 1 aliphatic heterocycles. The quantitative estimate of drug-likeness (QED) is 0.823. The second kappa shape index (κ2) is 7.78. The number of anilines is 1. The predicted molar refractivity (Wildman–Crippen MR) is 107 cm³/mol. The number of hydrogen-bond donors (Lipinski definition) is 1. The van der Waals surface area contributed by atoms with E-state index in [4.69, 9.17) is 9.72 Å². The molecular weight excluding hydrogens is 354 g/mol. The first-order chi connectivity index (χ1) is 13.6. The molecular formula is C22H27N3O3. The third kappa shape index (κ3) is 3.81. The van der Waals surface area contributed by atoms with Crippen LogP contribution in [0.5, 0.6) is 5.75 Å². The van der Waals surface area contributed by atoms with Crippen molar-refractivity contribution in [3.63, 3.8) is 0 Å². The van der Waals surface area contributed by atoms with Crippen LogP contribution in [0.2, 0.25) is 0 Å². The molecule has 2 heterocycles. The Balaban J connectivity index is 1.57. The number of aliphatic carboxylic acids is 1. The summed E-state index contributed by atoms with van der Waals surface area (Å²) in [6.45, 7) is 3.63. The minimum Gasteiger partial charge on any atom is -0.496 e. The third-order valence-electron chi connectivity index (χ3n) is 5.85. The summed E-state index contributed by atoms with van der Waals surface area (Å²) in [4.78, 5) is 23.1. The molecule has 1 aliphatic carbocycles. The Labute approximate surface area is 165 Å². The number of aryl methyl sites for hydroxylation is 1. The average molecular weight is 381 g/mol. The van der Waals surface area contributed by atoms with Crippen molar-refractivity contribution < 1.29 is 14.6 Å². The van der Waals surface area contributed by atoms with Gasteiger partial charge in [0.1, 0.15) is 17.4 Å². The zero-order chi connectivity index (χ0) is 19.7. The van der Waals surface area contributed by atoms with Gasteiger partial charge in [-0.15, -0.1) is 0 Å². The molecule has 2 aliphatic rings. The van der Waals surface area contributed by atoms with E-state index in [1.807, 2.05) is 19.1 Å². The molecule has 148 valence electrons. The predicted octanol–water partition coefficient (Wildman–Crippen LogP) is 3.68. The molecule has 1 saturated heterocycles. The van der Waals surface area contributed by atoms with Gasteiger partial charge in [0, 0.05) is 30.3 Å². The number of hydrogen-bond acceptors (Lipinski definition) is 5. The minimum atomic E-state index is -0.837. The number of piperidine rings is 1. The van der Waals surface area contributed by atoms with Crippen molar-refractivity contribution in [1.29, 1.82) is 0 Å². The highest BCUT2D eigenvalue weighted by molar-refractivity contribution is 5.73. The van der Waals surface area contributed by atoms with Crippen LogP contribution in [0.1, 0.15) is 60.2 Å². The van der Waals surface area contributed by atoms with Gasteiger partial charge < -0.3 is 14.7 Å². The molecule has 6 nitrogen and oxygen atoms in total. The molecule has 0 unspecified atom stereocenters. The molecule has 1 aromatic heterocycles. The van der Waals surface area contributed by atoms with E-state index in [1.54, 1.807) is 7.11 Å². The maximum absolute atomic E-state index is 11.4. The van der Waals surface area contributed by atoms with E-state index in [0.717, 1.165) is 67.4 Å². The lowest BCUT2D eigenvalue weighted by molar-refractivity contribution is -0.136. The lowest BCUT2D eigenvalue weighted by Gasteiger charge is -2.34. The van der Waals surface area contributed by atoms with Crippen LogP contribution in [-0.4, -0.2) is 41.2 Å². The van der Waals surface area contributed by atoms with Gasteiger partial charge in [0.25, 0.3) is 0 Å². The number of rotatable bonds is 6. The molecule has 0 bridgehead atoms. The van der Waals surface area contributed by atoms with E-state index in [2.05, 4.69) is 22.0 Å². The Kier molecular flexibility index (Phi) is 5.20. The summed E-state index contributed by atoms with van der Waals surface area (Å²) in [6.07, 6.45) is 4.22. The maximum atomic E-state index is 11.4. The van der Waals surface area contributed by atoms with Crippen LogP contribution in [0, 0.1) is 6.92 Å². The van der Waals surface area contributed by atoms with E-state index in [1.165, 1.54) is 5.56 Å². The molecule has 1 saturated carbocycles. The van der Waals surface area contributed by atoms with Crippen LogP contribution in [0.15, 0.2) is 24.3 Å². The first kappa shape index (κ1) is 18.7. The molecule has 1 N–H and O–H groups in total. The molecule has 1 aromatic carbocycles. The highest BCUT2D eigenvalue weighted by Gasteiger charge is 2.31. The molecule has 0 amide bonds. The number of aromatic nitrogens is 2. The van der Waals surface area contributed by atoms with Gasteiger partial charge in [-0.2, -0.15) is 0 Å². The molecule has 4 rings (SSSR count). The number of ether oxygens (including phenoxy) is 1. The molecule has 0 atom stereocenters. The van der Waals surface area contributed by atoms with Crippen molar-refractivity contribution in [3.8, 4) is 5.75 Å². The first-order valence-electron chi connectivity index (χ1n) is 10.0. The molecule has 6 heteroatoms. The van der Waals surface area contributed by atoms with Crippen LogP contribution in [0.3, 0.4) is 0 Å². The summed E-state index contributed by atoms with van der Waals surface area (Å²) in [7, 11) is 1.72. The Morgan fingerprint density at radius 3 is 2.50 bits per heavy atom. The number of benzene rings is 1. The van der Waals surface area contributed by atoms with Crippen LogP contribution in [0.25, 0.3) is 0 Å². The summed E-state index contributed by atoms with van der Waals surface area (Å²) < 4.78 is 5.54. The molecule has 2 aromatic rings. The summed E-state index contributed by atoms with van der Waals surface area (Å²) in [5.74, 6) is 2.71. The van der Waals surface area contributed by atoms with Gasteiger partial charge in [0.05, 0.1) is 13.5 Å². The highest BCUT2D eigenvalue weighted by atomic mass is 16.5. The monoisotopic (exact) mass is 381 g/mol. The van der Waals surface area contributed by atoms with Crippen molar-refractivity contribution in [3.05, 3.63) is 46.9 Å². The molecule has 0 spiro atoms. The van der Waals surface area contributed by atoms with E-state index in [-0.39, 0.29) is 6.42 Å². The molecule has 28 heavy (non-hydrogen) atoms. The Morgan fingerprint density at radius 1 is 1.14 bits per heavy atom. The van der Waals surface area contributed by atoms with Gasteiger partial charge in [0.2, 0.25) is 0 Å². The van der Waals surface area contributed by atoms with Crippen molar-refractivity contribution in [2.75, 3.05) is 25.1 Å². The fourth-order valence-electron chi connectivity index (χ4n) is 4.15.